The number of nitrogens with zero attached hydrogens (tertiary/aromatic N) is 2. The van der Waals surface area contributed by atoms with E-state index in [0.717, 1.165) is 11.3 Å². The number of rotatable bonds is 7. The molecular formula is C18H23F5N2O4S. The summed E-state index contributed by atoms with van der Waals surface area (Å²) in [6, 6.07) is -0.452. The summed E-state index contributed by atoms with van der Waals surface area (Å²) >= 11 is 1.07. The molecule has 1 saturated heterocycles. The number of halogens is 5. The molecule has 0 bridgehead atoms. The Bertz CT molecular complexity index is 709. The third-order valence-corrected chi connectivity index (χ3v) is 6.45. The van der Waals surface area contributed by atoms with Crippen LogP contribution in [0.5, 0.6) is 0 Å². The predicted octanol–water partition coefficient (Wildman–Crippen LogP) is 4.25. The Labute approximate surface area is 174 Å². The van der Waals surface area contributed by atoms with Gasteiger partial charge in [-0.3, -0.25) is 0 Å². The number of methoxy groups -OCH3 is 1. The van der Waals surface area contributed by atoms with Gasteiger partial charge >= 0.3 is 18.8 Å². The second-order valence-corrected chi connectivity index (χ2v) is 8.42. The largest absolute Gasteiger partial charge is 0.465 e. The molecular weight excluding hydrogens is 435 g/mol. The van der Waals surface area contributed by atoms with Gasteiger partial charge in [0.25, 0.3) is 0 Å². The number of carbonyl (C=O) groups excluding carboxylic acids is 1. The van der Waals surface area contributed by atoms with Crippen molar-refractivity contribution < 1.29 is 41.0 Å². The third-order valence-electron chi connectivity index (χ3n) is 5.44. The molecule has 1 aliphatic heterocycles. The van der Waals surface area contributed by atoms with E-state index in [-0.39, 0.29) is 36.5 Å². The normalized spacial score (nSPS) is 27.6. The minimum Gasteiger partial charge on any atom is -0.465 e. The Morgan fingerprint density at radius 1 is 1.27 bits per heavy atom. The number of hydrogen-bond acceptors (Lipinski definition) is 7. The Kier molecular flexibility index (Phi) is 7.51. The van der Waals surface area contributed by atoms with Gasteiger partial charge < -0.3 is 19.1 Å². The van der Waals surface area contributed by atoms with Crippen LogP contribution in [0, 0.1) is 5.92 Å². The summed E-state index contributed by atoms with van der Waals surface area (Å²) in [5, 5.41) is 0.449. The van der Waals surface area contributed by atoms with Gasteiger partial charge in [-0.1, -0.05) is 11.3 Å². The van der Waals surface area contributed by atoms with Crippen molar-refractivity contribution in [1.29, 1.82) is 0 Å². The minimum atomic E-state index is -4.19. The van der Waals surface area contributed by atoms with Crippen molar-refractivity contribution in [2.45, 2.75) is 63.1 Å². The monoisotopic (exact) mass is 458 g/mol. The molecule has 2 aliphatic rings. The van der Waals surface area contributed by atoms with Crippen LogP contribution in [0.2, 0.25) is 0 Å². The zero-order valence-corrected chi connectivity index (χ0v) is 17.1. The van der Waals surface area contributed by atoms with Crippen LogP contribution in [0.1, 0.15) is 41.8 Å². The van der Waals surface area contributed by atoms with E-state index in [1.54, 1.807) is 4.90 Å². The van der Waals surface area contributed by atoms with Crippen LogP contribution >= 0.6 is 11.3 Å². The zero-order valence-electron chi connectivity index (χ0n) is 16.2. The molecule has 1 aromatic rings. The van der Waals surface area contributed by atoms with Gasteiger partial charge in [0.1, 0.15) is 4.88 Å². The first-order chi connectivity index (χ1) is 14.2. The highest BCUT2D eigenvalue weighted by atomic mass is 32.1. The maximum absolute atomic E-state index is 12.8. The average molecular weight is 458 g/mol. The van der Waals surface area contributed by atoms with Gasteiger partial charge in [0.2, 0.25) is 0 Å². The van der Waals surface area contributed by atoms with Crippen molar-refractivity contribution in [3.63, 3.8) is 0 Å². The molecule has 30 heavy (non-hydrogen) atoms. The number of aromatic nitrogens is 1. The molecule has 12 heteroatoms. The summed E-state index contributed by atoms with van der Waals surface area (Å²) in [6.45, 7) is -2.86. The molecule has 1 aliphatic carbocycles. The van der Waals surface area contributed by atoms with Gasteiger partial charge in [0.15, 0.2) is 5.13 Å². The first-order valence-electron chi connectivity index (χ1n) is 9.60. The van der Waals surface area contributed by atoms with Crippen molar-refractivity contribution in [3.05, 3.63) is 11.1 Å². The van der Waals surface area contributed by atoms with Crippen molar-refractivity contribution in [2.75, 3.05) is 25.2 Å². The molecule has 2 atom stereocenters. The van der Waals surface area contributed by atoms with Crippen LogP contribution in [0.3, 0.4) is 0 Å². The van der Waals surface area contributed by atoms with Crippen LogP contribution < -0.4 is 4.90 Å². The highest BCUT2D eigenvalue weighted by Crippen LogP contribution is 2.39. The smallest absolute Gasteiger partial charge is 0.391 e. The van der Waals surface area contributed by atoms with Crippen molar-refractivity contribution in [3.8, 4) is 0 Å². The highest BCUT2D eigenvalue weighted by Gasteiger charge is 2.43. The Hall–Kier alpha value is -1.53. The predicted molar refractivity (Wildman–Crippen MR) is 97.8 cm³/mol. The van der Waals surface area contributed by atoms with Crippen LogP contribution in [0.25, 0.3) is 0 Å². The molecule has 0 N–H and O–H groups in total. The van der Waals surface area contributed by atoms with E-state index in [1.165, 1.54) is 13.3 Å². The van der Waals surface area contributed by atoms with Gasteiger partial charge in [-0.15, -0.1) is 0 Å². The average Bonchev–Trinajstić information content (AvgIpc) is 3.32. The molecule has 0 aromatic carbocycles. The van der Waals surface area contributed by atoms with E-state index in [0.29, 0.717) is 30.9 Å². The number of carbonyl (C=O) groups is 1. The summed E-state index contributed by atoms with van der Waals surface area (Å²) in [7, 11) is 1.24. The lowest BCUT2D eigenvalue weighted by Crippen LogP contribution is -2.34. The molecule has 1 saturated carbocycles. The highest BCUT2D eigenvalue weighted by molar-refractivity contribution is 7.17. The summed E-state index contributed by atoms with van der Waals surface area (Å²) in [6.07, 6.45) is -2.45. The van der Waals surface area contributed by atoms with Crippen LogP contribution in [-0.2, 0) is 14.2 Å². The van der Waals surface area contributed by atoms with Crippen molar-refractivity contribution in [1.82, 2.24) is 4.98 Å². The Balaban J connectivity index is 1.62. The Morgan fingerprint density at radius 2 is 1.97 bits per heavy atom. The van der Waals surface area contributed by atoms with Gasteiger partial charge in [0.05, 0.1) is 44.1 Å². The summed E-state index contributed by atoms with van der Waals surface area (Å²) < 4.78 is 78.7. The maximum atomic E-state index is 12.8. The van der Waals surface area contributed by atoms with Crippen molar-refractivity contribution >= 4 is 22.4 Å². The Morgan fingerprint density at radius 3 is 2.57 bits per heavy atom. The zero-order chi connectivity index (χ0) is 21.9. The lowest BCUT2D eigenvalue weighted by Gasteiger charge is -2.31. The van der Waals surface area contributed by atoms with Crippen LogP contribution in [0.4, 0.5) is 27.1 Å². The van der Waals surface area contributed by atoms with Crippen molar-refractivity contribution in [2.24, 2.45) is 5.92 Å². The van der Waals surface area contributed by atoms with E-state index < -0.39 is 30.7 Å². The number of anilines is 1. The third kappa shape index (κ3) is 5.79. The summed E-state index contributed by atoms with van der Waals surface area (Å²) in [4.78, 5) is 17.9. The van der Waals surface area contributed by atoms with Crippen LogP contribution in [0.15, 0.2) is 6.20 Å². The first kappa shape index (κ1) is 23.1. The van der Waals surface area contributed by atoms with Gasteiger partial charge in [-0.05, 0) is 32.1 Å². The quantitative estimate of drug-likeness (QED) is 0.450. The summed E-state index contributed by atoms with van der Waals surface area (Å²) in [5.74, 6) is -1.84. The molecule has 170 valence electrons. The van der Waals surface area contributed by atoms with E-state index in [4.69, 9.17) is 4.74 Å². The maximum Gasteiger partial charge on any atom is 0.391 e. The van der Waals surface area contributed by atoms with Crippen LogP contribution in [-0.4, -0.2) is 62.3 Å². The fourth-order valence-corrected chi connectivity index (χ4v) is 4.85. The van der Waals surface area contributed by atoms with E-state index in [2.05, 4.69) is 14.5 Å². The molecule has 0 unspecified atom stereocenters. The SMILES string of the molecule is COC(=O)c1cnc(N2C[C@@H](OC3CCC(C(F)(F)F)CC3)C[C@H]2COC(F)F)s1. The fraction of sp³-hybridized carbons (Fsp3) is 0.778. The first-order valence-corrected chi connectivity index (χ1v) is 10.4. The van der Waals surface area contributed by atoms with E-state index in [1.807, 2.05) is 0 Å². The number of alkyl halides is 5. The molecule has 1 aromatic heterocycles. The molecule has 0 amide bonds. The summed E-state index contributed by atoms with van der Waals surface area (Å²) in [5.41, 5.74) is 0. The standard InChI is InChI=1S/C18H23F5N2O4S/c1-27-15(26)14-7-24-17(30-14)25-8-13(6-11(25)9-28-16(19)20)29-12-4-2-10(3-5-12)18(21,22)23/h7,10-13,16H,2-6,8-9H2,1H3/t10?,11-,12?,13-/m0/s1. The molecule has 3 rings (SSSR count). The molecule has 0 spiro atoms. The minimum absolute atomic E-state index is 0.0253. The second kappa shape index (κ2) is 9.73. The fourth-order valence-electron chi connectivity index (χ4n) is 3.94. The van der Waals surface area contributed by atoms with Gasteiger partial charge in [-0.25, -0.2) is 9.78 Å². The van der Waals surface area contributed by atoms with Gasteiger partial charge in [-0.2, -0.15) is 22.0 Å². The van der Waals surface area contributed by atoms with E-state index in [9.17, 15) is 26.7 Å². The molecule has 2 fully saturated rings. The number of thiazole rings is 1. The van der Waals surface area contributed by atoms with E-state index >= 15 is 0 Å². The lowest BCUT2D eigenvalue weighted by molar-refractivity contribution is -0.189. The number of esters is 1. The lowest BCUT2D eigenvalue weighted by atomic mass is 9.87. The van der Waals surface area contributed by atoms with Gasteiger partial charge in [0, 0.05) is 6.54 Å². The number of hydrogen-bond donors (Lipinski definition) is 0. The molecule has 6 nitrogen and oxygen atoms in total. The second-order valence-electron chi connectivity index (χ2n) is 7.41. The molecule has 0 radical (unpaired) electrons. The molecule has 2 heterocycles. The number of ether oxygens (including phenoxy) is 3. The topological polar surface area (TPSA) is 60.9 Å².